The largest absolute Gasteiger partial charge is 0.468 e. The zero-order chi connectivity index (χ0) is 13.7. The molecule has 0 saturated carbocycles. The van der Waals surface area contributed by atoms with Gasteiger partial charge >= 0.3 is 5.97 Å². The number of anilines is 1. The summed E-state index contributed by atoms with van der Waals surface area (Å²) in [5.74, 6) is -1.81. The van der Waals surface area contributed by atoms with Crippen LogP contribution in [-0.4, -0.2) is 19.0 Å². The van der Waals surface area contributed by atoms with Crippen molar-refractivity contribution in [3.05, 3.63) is 28.7 Å². The van der Waals surface area contributed by atoms with Gasteiger partial charge < -0.3 is 10.1 Å². The first-order chi connectivity index (χ1) is 8.47. The highest BCUT2D eigenvalue weighted by molar-refractivity contribution is 9.10. The zero-order valence-electron chi connectivity index (χ0n) is 10.6. The number of carbonyl (C=O) groups excluding carboxylic acids is 2. The second-order valence-corrected chi connectivity index (χ2v) is 5.07. The fourth-order valence-corrected chi connectivity index (χ4v) is 1.97. The number of methoxy groups -OCH3 is 1. The van der Waals surface area contributed by atoms with Crippen LogP contribution in [0.3, 0.4) is 0 Å². The topological polar surface area (TPSA) is 55.4 Å². The minimum absolute atomic E-state index is 0.125. The molecular weight excluding hydrogens is 298 g/mol. The third kappa shape index (κ3) is 3.57. The Hall–Kier alpha value is -1.36. The molecule has 0 spiro atoms. The summed E-state index contributed by atoms with van der Waals surface area (Å²) in [6.45, 7) is 3.61. The molecule has 0 bridgehead atoms. The lowest BCUT2D eigenvalue weighted by molar-refractivity contribution is -0.150. The molecule has 0 aliphatic carbocycles. The molecule has 18 heavy (non-hydrogen) atoms. The normalized spacial score (nSPS) is 12.1. The first kappa shape index (κ1) is 14.7. The molecule has 0 aromatic heterocycles. The summed E-state index contributed by atoms with van der Waals surface area (Å²) < 4.78 is 5.42. The maximum Gasteiger partial charge on any atom is 0.318 e. The lowest BCUT2D eigenvalue weighted by atomic mass is 9.95. The van der Waals surface area contributed by atoms with Gasteiger partial charge in [-0.15, -0.1) is 0 Å². The van der Waals surface area contributed by atoms with Crippen LogP contribution in [-0.2, 0) is 14.3 Å². The molecule has 0 fully saturated rings. The Morgan fingerprint density at radius 1 is 1.28 bits per heavy atom. The van der Waals surface area contributed by atoms with Crippen LogP contribution >= 0.6 is 15.9 Å². The van der Waals surface area contributed by atoms with Gasteiger partial charge in [0.15, 0.2) is 0 Å². The molecule has 0 aliphatic heterocycles. The molecular formula is C13H16BrNO3. The summed E-state index contributed by atoms with van der Waals surface area (Å²) in [4.78, 5) is 23.6. The average Bonchev–Trinajstić information content (AvgIpc) is 2.31. The minimum Gasteiger partial charge on any atom is -0.468 e. The van der Waals surface area contributed by atoms with Crippen LogP contribution in [0.5, 0.6) is 0 Å². The van der Waals surface area contributed by atoms with Crippen LogP contribution in [0.25, 0.3) is 0 Å². The molecule has 98 valence electrons. The predicted molar refractivity (Wildman–Crippen MR) is 73.1 cm³/mol. The molecule has 0 aliphatic rings. The number of ether oxygens (including phenoxy) is 1. The van der Waals surface area contributed by atoms with Gasteiger partial charge in [-0.05, 0) is 34.0 Å². The van der Waals surface area contributed by atoms with Crippen LogP contribution in [0.2, 0.25) is 0 Å². The van der Waals surface area contributed by atoms with Crippen LogP contribution in [0.4, 0.5) is 5.69 Å². The summed E-state index contributed by atoms with van der Waals surface area (Å²) in [7, 11) is 1.28. The van der Waals surface area contributed by atoms with Gasteiger partial charge in [0.05, 0.1) is 12.8 Å². The molecule has 0 radical (unpaired) electrons. The Morgan fingerprint density at radius 2 is 1.89 bits per heavy atom. The van der Waals surface area contributed by atoms with Gasteiger partial charge in [0.2, 0.25) is 5.91 Å². The molecule has 1 aromatic carbocycles. The van der Waals surface area contributed by atoms with Crippen molar-refractivity contribution >= 4 is 33.5 Å². The smallest absolute Gasteiger partial charge is 0.318 e. The van der Waals surface area contributed by atoms with Gasteiger partial charge in [0.25, 0.3) is 0 Å². The van der Waals surface area contributed by atoms with Crippen molar-refractivity contribution in [3.63, 3.8) is 0 Å². The first-order valence-electron chi connectivity index (χ1n) is 5.60. The van der Waals surface area contributed by atoms with E-state index in [1.165, 1.54) is 7.11 Å². The van der Waals surface area contributed by atoms with E-state index in [4.69, 9.17) is 0 Å². The van der Waals surface area contributed by atoms with E-state index in [0.29, 0.717) is 5.69 Å². The molecule has 1 N–H and O–H groups in total. The van der Waals surface area contributed by atoms with Gasteiger partial charge in [0, 0.05) is 4.47 Å². The van der Waals surface area contributed by atoms with Gasteiger partial charge in [-0.1, -0.05) is 26.0 Å². The van der Waals surface area contributed by atoms with Crippen molar-refractivity contribution in [2.45, 2.75) is 13.8 Å². The van der Waals surface area contributed by atoms with E-state index >= 15 is 0 Å². The van der Waals surface area contributed by atoms with E-state index in [-0.39, 0.29) is 11.8 Å². The monoisotopic (exact) mass is 313 g/mol. The molecule has 5 heteroatoms. The highest BCUT2D eigenvalue weighted by Gasteiger charge is 2.31. The molecule has 1 rings (SSSR count). The van der Waals surface area contributed by atoms with Crippen molar-refractivity contribution in [1.29, 1.82) is 0 Å². The van der Waals surface area contributed by atoms with Crippen molar-refractivity contribution in [1.82, 2.24) is 0 Å². The van der Waals surface area contributed by atoms with E-state index in [9.17, 15) is 9.59 Å². The number of halogens is 1. The standard InChI is InChI=1S/C13H16BrNO3/c1-8(2)11(13(17)18-3)12(16)15-10-7-5-4-6-9(10)14/h4-8,11H,1-3H3,(H,15,16). The highest BCUT2D eigenvalue weighted by atomic mass is 79.9. The minimum atomic E-state index is -0.804. The number of hydrogen-bond donors (Lipinski definition) is 1. The summed E-state index contributed by atoms with van der Waals surface area (Å²) >= 11 is 3.33. The van der Waals surface area contributed by atoms with Gasteiger partial charge in [-0.2, -0.15) is 0 Å². The number of amides is 1. The van der Waals surface area contributed by atoms with Gasteiger partial charge in [0.1, 0.15) is 5.92 Å². The molecule has 1 unspecified atom stereocenters. The average molecular weight is 314 g/mol. The van der Waals surface area contributed by atoms with Crippen LogP contribution in [0.15, 0.2) is 28.7 Å². The van der Waals surface area contributed by atoms with Crippen LogP contribution in [0.1, 0.15) is 13.8 Å². The Morgan fingerprint density at radius 3 is 2.39 bits per heavy atom. The molecule has 0 heterocycles. The predicted octanol–water partition coefficient (Wildman–Crippen LogP) is 2.83. The van der Waals surface area contributed by atoms with Crippen molar-refractivity contribution in [2.24, 2.45) is 11.8 Å². The highest BCUT2D eigenvalue weighted by Crippen LogP contribution is 2.23. The zero-order valence-corrected chi connectivity index (χ0v) is 12.2. The fourth-order valence-electron chi connectivity index (χ4n) is 1.58. The Bertz CT molecular complexity index is 446. The first-order valence-corrected chi connectivity index (χ1v) is 6.40. The van der Waals surface area contributed by atoms with Crippen LogP contribution < -0.4 is 5.32 Å². The van der Waals surface area contributed by atoms with E-state index in [1.54, 1.807) is 19.9 Å². The maximum atomic E-state index is 12.1. The number of benzene rings is 1. The third-order valence-electron chi connectivity index (χ3n) is 2.54. The van der Waals surface area contributed by atoms with E-state index in [1.807, 2.05) is 18.2 Å². The van der Waals surface area contributed by atoms with Crippen molar-refractivity contribution < 1.29 is 14.3 Å². The van der Waals surface area contributed by atoms with Crippen LogP contribution in [0, 0.1) is 11.8 Å². The lowest BCUT2D eigenvalue weighted by Crippen LogP contribution is -2.34. The molecule has 1 amide bonds. The molecule has 1 aromatic rings. The molecule has 1 atom stereocenters. The van der Waals surface area contributed by atoms with E-state index in [0.717, 1.165) is 4.47 Å². The molecule has 4 nitrogen and oxygen atoms in total. The Balaban J connectivity index is 2.86. The number of hydrogen-bond acceptors (Lipinski definition) is 3. The SMILES string of the molecule is COC(=O)C(C(=O)Nc1ccccc1Br)C(C)C. The van der Waals surface area contributed by atoms with Gasteiger partial charge in [-0.25, -0.2) is 0 Å². The number of carbonyl (C=O) groups is 2. The second-order valence-electron chi connectivity index (χ2n) is 4.21. The summed E-state index contributed by atoms with van der Waals surface area (Å²) in [6.07, 6.45) is 0. The number of esters is 1. The van der Waals surface area contributed by atoms with Crippen molar-refractivity contribution in [3.8, 4) is 0 Å². The summed E-state index contributed by atoms with van der Waals surface area (Å²) in [5, 5.41) is 2.72. The Labute approximate surface area is 115 Å². The summed E-state index contributed by atoms with van der Waals surface area (Å²) in [6, 6.07) is 7.23. The molecule has 0 saturated heterocycles. The maximum absolute atomic E-state index is 12.1. The quantitative estimate of drug-likeness (QED) is 0.687. The lowest BCUT2D eigenvalue weighted by Gasteiger charge is -2.18. The summed E-state index contributed by atoms with van der Waals surface area (Å²) in [5.41, 5.74) is 0.636. The fraction of sp³-hybridized carbons (Fsp3) is 0.385. The Kier molecular flexibility index (Phi) is 5.34. The number of para-hydroxylation sites is 1. The van der Waals surface area contributed by atoms with E-state index in [2.05, 4.69) is 26.0 Å². The second kappa shape index (κ2) is 6.54. The third-order valence-corrected chi connectivity index (χ3v) is 3.23. The van der Waals surface area contributed by atoms with Crippen molar-refractivity contribution in [2.75, 3.05) is 12.4 Å². The van der Waals surface area contributed by atoms with E-state index < -0.39 is 11.9 Å². The van der Waals surface area contributed by atoms with Gasteiger partial charge in [-0.3, -0.25) is 9.59 Å². The number of rotatable bonds is 4. The number of nitrogens with one attached hydrogen (secondary N) is 1.